The van der Waals surface area contributed by atoms with Crippen molar-refractivity contribution in [1.82, 2.24) is 9.78 Å². The summed E-state index contributed by atoms with van der Waals surface area (Å²) in [5, 5.41) is 7.43. The van der Waals surface area contributed by atoms with E-state index in [1.54, 1.807) is 41.2 Å². The standard InChI is InChI=1S/C18H15ClFN3O2/c1-25-16-7-4-13(19)10-15(16)18(24)21-17-8-9-23(22-17)11-12-2-5-14(20)6-3-12/h2-10H,11H2,1H3,(H,21,22,24). The molecular weight excluding hydrogens is 345 g/mol. The van der Waals surface area contributed by atoms with Gasteiger partial charge >= 0.3 is 0 Å². The average molecular weight is 360 g/mol. The number of carbonyl (C=O) groups is 1. The second kappa shape index (κ2) is 7.36. The maximum absolute atomic E-state index is 12.9. The number of nitrogens with zero attached hydrogens (tertiary/aromatic N) is 2. The minimum absolute atomic E-state index is 0.285. The molecule has 0 saturated heterocycles. The lowest BCUT2D eigenvalue weighted by Crippen LogP contribution is -2.14. The Kier molecular flexibility index (Phi) is 5.00. The minimum Gasteiger partial charge on any atom is -0.496 e. The zero-order valence-corrected chi connectivity index (χ0v) is 14.1. The molecule has 128 valence electrons. The largest absolute Gasteiger partial charge is 0.496 e. The summed E-state index contributed by atoms with van der Waals surface area (Å²) in [6.45, 7) is 0.469. The van der Waals surface area contributed by atoms with Gasteiger partial charge in [0.25, 0.3) is 5.91 Å². The quantitative estimate of drug-likeness (QED) is 0.749. The van der Waals surface area contributed by atoms with Crippen LogP contribution < -0.4 is 10.1 Å². The highest BCUT2D eigenvalue weighted by Crippen LogP contribution is 2.23. The van der Waals surface area contributed by atoms with Crippen LogP contribution in [0.2, 0.25) is 5.02 Å². The van der Waals surface area contributed by atoms with Crippen LogP contribution in [0.25, 0.3) is 0 Å². The van der Waals surface area contributed by atoms with Crippen molar-refractivity contribution in [2.75, 3.05) is 12.4 Å². The lowest BCUT2D eigenvalue weighted by Gasteiger charge is -2.08. The van der Waals surface area contributed by atoms with Crippen molar-refractivity contribution < 1.29 is 13.9 Å². The normalized spacial score (nSPS) is 10.5. The summed E-state index contributed by atoms with van der Waals surface area (Å²) in [6, 6.07) is 12.7. The molecule has 1 N–H and O–H groups in total. The molecule has 0 aliphatic carbocycles. The number of ether oxygens (including phenoxy) is 1. The first-order valence-electron chi connectivity index (χ1n) is 7.48. The van der Waals surface area contributed by atoms with E-state index in [4.69, 9.17) is 16.3 Å². The second-order valence-electron chi connectivity index (χ2n) is 5.32. The van der Waals surface area contributed by atoms with Crippen LogP contribution in [0, 0.1) is 5.82 Å². The van der Waals surface area contributed by atoms with Gasteiger partial charge in [-0.15, -0.1) is 0 Å². The molecule has 1 amide bonds. The Morgan fingerprint density at radius 3 is 2.72 bits per heavy atom. The van der Waals surface area contributed by atoms with Crippen LogP contribution in [-0.4, -0.2) is 22.8 Å². The Morgan fingerprint density at radius 1 is 1.24 bits per heavy atom. The molecule has 1 heterocycles. The van der Waals surface area contributed by atoms with Gasteiger partial charge < -0.3 is 10.1 Å². The van der Waals surface area contributed by atoms with Gasteiger partial charge in [0, 0.05) is 17.3 Å². The van der Waals surface area contributed by atoms with Crippen LogP contribution in [0.15, 0.2) is 54.7 Å². The fourth-order valence-electron chi connectivity index (χ4n) is 2.33. The van der Waals surface area contributed by atoms with Crippen LogP contribution in [0.4, 0.5) is 10.2 Å². The van der Waals surface area contributed by atoms with E-state index < -0.39 is 0 Å². The number of methoxy groups -OCH3 is 1. The molecule has 3 rings (SSSR count). The van der Waals surface area contributed by atoms with Gasteiger partial charge in [0.1, 0.15) is 11.6 Å². The van der Waals surface area contributed by atoms with Crippen molar-refractivity contribution in [2.24, 2.45) is 0 Å². The van der Waals surface area contributed by atoms with Crippen LogP contribution in [-0.2, 0) is 6.54 Å². The smallest absolute Gasteiger partial charge is 0.260 e. The highest BCUT2D eigenvalue weighted by molar-refractivity contribution is 6.31. The van der Waals surface area contributed by atoms with E-state index in [9.17, 15) is 9.18 Å². The monoisotopic (exact) mass is 359 g/mol. The third kappa shape index (κ3) is 4.16. The first kappa shape index (κ1) is 17.0. The molecule has 0 atom stereocenters. The van der Waals surface area contributed by atoms with Crippen molar-refractivity contribution in [2.45, 2.75) is 6.54 Å². The van der Waals surface area contributed by atoms with Crippen LogP contribution in [0.5, 0.6) is 5.75 Å². The van der Waals surface area contributed by atoms with Gasteiger partial charge in [0.2, 0.25) is 0 Å². The molecule has 2 aromatic carbocycles. The van der Waals surface area contributed by atoms with Crippen LogP contribution >= 0.6 is 11.6 Å². The summed E-state index contributed by atoms with van der Waals surface area (Å²) in [5.74, 6) is 0.167. The maximum Gasteiger partial charge on any atom is 0.260 e. The number of aromatic nitrogens is 2. The first-order chi connectivity index (χ1) is 12.0. The Balaban J connectivity index is 1.72. The van der Waals surface area contributed by atoms with Crippen molar-refractivity contribution in [3.63, 3.8) is 0 Å². The van der Waals surface area contributed by atoms with E-state index >= 15 is 0 Å². The highest BCUT2D eigenvalue weighted by Gasteiger charge is 2.14. The molecule has 0 fully saturated rings. The van der Waals surface area contributed by atoms with Gasteiger partial charge in [0.15, 0.2) is 5.82 Å². The van der Waals surface area contributed by atoms with Gasteiger partial charge in [0.05, 0.1) is 19.2 Å². The topological polar surface area (TPSA) is 56.1 Å². The van der Waals surface area contributed by atoms with Crippen molar-refractivity contribution in [3.05, 3.63) is 76.7 Å². The molecule has 0 aliphatic rings. The van der Waals surface area contributed by atoms with Gasteiger partial charge in [-0.3, -0.25) is 9.48 Å². The molecule has 3 aromatic rings. The molecular formula is C18H15ClFN3O2. The Bertz CT molecular complexity index is 894. The number of hydrogen-bond donors (Lipinski definition) is 1. The molecule has 0 aliphatic heterocycles. The molecule has 0 bridgehead atoms. The van der Waals surface area contributed by atoms with Gasteiger partial charge in [-0.2, -0.15) is 5.10 Å². The van der Waals surface area contributed by atoms with E-state index in [2.05, 4.69) is 10.4 Å². The lowest BCUT2D eigenvalue weighted by molar-refractivity contribution is 0.102. The molecule has 25 heavy (non-hydrogen) atoms. The summed E-state index contributed by atoms with van der Waals surface area (Å²) >= 11 is 5.94. The fraction of sp³-hybridized carbons (Fsp3) is 0.111. The third-order valence-electron chi connectivity index (χ3n) is 3.55. The number of rotatable bonds is 5. The number of halogens is 2. The van der Waals surface area contributed by atoms with E-state index in [-0.39, 0.29) is 11.7 Å². The summed E-state index contributed by atoms with van der Waals surface area (Å²) in [5.41, 5.74) is 1.22. The fourth-order valence-corrected chi connectivity index (χ4v) is 2.51. The van der Waals surface area contributed by atoms with Crippen molar-refractivity contribution >= 4 is 23.3 Å². The number of amides is 1. The van der Waals surface area contributed by atoms with E-state index in [1.165, 1.54) is 25.3 Å². The van der Waals surface area contributed by atoms with Crippen molar-refractivity contribution in [3.8, 4) is 5.75 Å². The number of benzene rings is 2. The predicted octanol–water partition coefficient (Wildman–Crippen LogP) is 3.98. The first-order valence-corrected chi connectivity index (χ1v) is 7.86. The Morgan fingerprint density at radius 2 is 2.00 bits per heavy atom. The average Bonchev–Trinajstić information content (AvgIpc) is 3.03. The van der Waals surface area contributed by atoms with E-state index in [1.807, 2.05) is 0 Å². The van der Waals surface area contributed by atoms with E-state index in [0.717, 1.165) is 5.56 Å². The SMILES string of the molecule is COc1ccc(Cl)cc1C(=O)Nc1ccn(Cc2ccc(F)cc2)n1. The highest BCUT2D eigenvalue weighted by atomic mass is 35.5. The molecule has 5 nitrogen and oxygen atoms in total. The van der Waals surface area contributed by atoms with Crippen LogP contribution in [0.1, 0.15) is 15.9 Å². The maximum atomic E-state index is 12.9. The number of nitrogens with one attached hydrogen (secondary N) is 1. The lowest BCUT2D eigenvalue weighted by atomic mass is 10.2. The molecule has 7 heteroatoms. The minimum atomic E-state index is -0.369. The zero-order valence-electron chi connectivity index (χ0n) is 13.4. The Hall–Kier alpha value is -2.86. The molecule has 1 aromatic heterocycles. The molecule has 0 saturated carbocycles. The number of anilines is 1. The van der Waals surface area contributed by atoms with Gasteiger partial charge in [-0.1, -0.05) is 23.7 Å². The van der Waals surface area contributed by atoms with Crippen molar-refractivity contribution in [1.29, 1.82) is 0 Å². The third-order valence-corrected chi connectivity index (χ3v) is 3.78. The molecule has 0 unspecified atom stereocenters. The van der Waals surface area contributed by atoms with E-state index in [0.29, 0.717) is 28.7 Å². The Labute approximate surface area is 149 Å². The number of hydrogen-bond acceptors (Lipinski definition) is 3. The second-order valence-corrected chi connectivity index (χ2v) is 5.76. The molecule has 0 spiro atoms. The zero-order chi connectivity index (χ0) is 17.8. The number of carbonyl (C=O) groups excluding carboxylic acids is 1. The molecule has 0 radical (unpaired) electrons. The van der Waals surface area contributed by atoms with Crippen LogP contribution in [0.3, 0.4) is 0 Å². The summed E-state index contributed by atoms with van der Waals surface area (Å²) < 4.78 is 19.8. The van der Waals surface area contributed by atoms with Gasteiger partial charge in [-0.05, 0) is 35.9 Å². The predicted molar refractivity (Wildman–Crippen MR) is 93.7 cm³/mol. The summed E-state index contributed by atoms with van der Waals surface area (Å²) in [6.07, 6.45) is 1.73. The summed E-state index contributed by atoms with van der Waals surface area (Å²) in [7, 11) is 1.48. The summed E-state index contributed by atoms with van der Waals surface area (Å²) in [4.78, 5) is 12.4. The van der Waals surface area contributed by atoms with Gasteiger partial charge in [-0.25, -0.2) is 4.39 Å².